The summed E-state index contributed by atoms with van der Waals surface area (Å²) < 4.78 is 0. The van der Waals surface area contributed by atoms with Gasteiger partial charge in [0.1, 0.15) is 0 Å². The molecule has 0 fully saturated rings. The van der Waals surface area contributed by atoms with Gasteiger partial charge in [0.25, 0.3) is 0 Å². The minimum absolute atomic E-state index is 0.313. The van der Waals surface area contributed by atoms with Crippen LogP contribution in [0.5, 0.6) is 0 Å². The quantitative estimate of drug-likeness (QED) is 0.726. The maximum Gasteiger partial charge on any atom is 0.00766 e. The van der Waals surface area contributed by atoms with Crippen molar-refractivity contribution in [2.75, 3.05) is 0 Å². The molecule has 0 radical (unpaired) electrons. The van der Waals surface area contributed by atoms with Crippen molar-refractivity contribution in [3.05, 3.63) is 35.4 Å². The van der Waals surface area contributed by atoms with Crippen LogP contribution in [0.2, 0.25) is 0 Å². The van der Waals surface area contributed by atoms with E-state index in [1.165, 1.54) is 11.1 Å². The first-order chi connectivity index (χ1) is 5.72. The lowest BCUT2D eigenvalue weighted by molar-refractivity contribution is 0.646. The van der Waals surface area contributed by atoms with Crippen LogP contribution in [0.25, 0.3) is 0 Å². The van der Waals surface area contributed by atoms with Crippen LogP contribution in [0, 0.1) is 6.92 Å². The SMILES string of the molecule is CC[C@H](N)Cc1ccc(C)cc1. The Morgan fingerprint density at radius 2 is 1.83 bits per heavy atom. The van der Waals surface area contributed by atoms with E-state index in [1.807, 2.05) is 0 Å². The minimum atomic E-state index is 0.313. The van der Waals surface area contributed by atoms with Gasteiger partial charge >= 0.3 is 0 Å². The summed E-state index contributed by atoms with van der Waals surface area (Å²) in [5.74, 6) is 0. The second-order valence-electron chi connectivity index (χ2n) is 3.36. The molecule has 0 bridgehead atoms. The van der Waals surface area contributed by atoms with Gasteiger partial charge in [0.05, 0.1) is 0 Å². The Balaban J connectivity index is 2.58. The molecular weight excluding hydrogens is 146 g/mol. The zero-order valence-corrected chi connectivity index (χ0v) is 7.88. The van der Waals surface area contributed by atoms with E-state index in [2.05, 4.69) is 38.1 Å². The Kier molecular flexibility index (Phi) is 3.30. The van der Waals surface area contributed by atoms with E-state index in [0.717, 1.165) is 12.8 Å². The van der Waals surface area contributed by atoms with Crippen LogP contribution in [0.15, 0.2) is 24.3 Å². The number of rotatable bonds is 3. The van der Waals surface area contributed by atoms with E-state index in [0.29, 0.717) is 6.04 Å². The molecule has 0 saturated carbocycles. The van der Waals surface area contributed by atoms with E-state index in [-0.39, 0.29) is 0 Å². The van der Waals surface area contributed by atoms with Gasteiger partial charge in [0, 0.05) is 6.04 Å². The Morgan fingerprint density at radius 3 is 2.33 bits per heavy atom. The zero-order chi connectivity index (χ0) is 8.97. The predicted octanol–water partition coefficient (Wildman–Crippen LogP) is 2.27. The summed E-state index contributed by atoms with van der Waals surface area (Å²) in [5.41, 5.74) is 8.49. The molecule has 0 unspecified atom stereocenters. The van der Waals surface area contributed by atoms with Gasteiger partial charge in [-0.1, -0.05) is 36.8 Å². The van der Waals surface area contributed by atoms with Crippen LogP contribution in [0.1, 0.15) is 24.5 Å². The van der Waals surface area contributed by atoms with Crippen molar-refractivity contribution in [2.24, 2.45) is 5.73 Å². The van der Waals surface area contributed by atoms with Crippen LogP contribution in [0.4, 0.5) is 0 Å². The lowest BCUT2D eigenvalue weighted by Gasteiger charge is -2.08. The molecular formula is C11H17N. The van der Waals surface area contributed by atoms with Gasteiger partial charge in [0.2, 0.25) is 0 Å². The molecule has 0 aliphatic rings. The highest BCUT2D eigenvalue weighted by molar-refractivity contribution is 5.21. The molecule has 1 rings (SSSR count). The molecule has 1 aromatic carbocycles. The van der Waals surface area contributed by atoms with Gasteiger partial charge in [-0.25, -0.2) is 0 Å². The summed E-state index contributed by atoms with van der Waals surface area (Å²) in [6.45, 7) is 4.22. The Hall–Kier alpha value is -0.820. The van der Waals surface area contributed by atoms with Crippen molar-refractivity contribution in [1.82, 2.24) is 0 Å². The van der Waals surface area contributed by atoms with Gasteiger partial charge in [-0.3, -0.25) is 0 Å². The fourth-order valence-electron chi connectivity index (χ4n) is 1.17. The normalized spacial score (nSPS) is 12.9. The van der Waals surface area contributed by atoms with Gasteiger partial charge < -0.3 is 5.73 Å². The van der Waals surface area contributed by atoms with Crippen LogP contribution in [-0.4, -0.2) is 6.04 Å². The first kappa shape index (κ1) is 9.27. The van der Waals surface area contributed by atoms with Crippen LogP contribution in [-0.2, 0) is 6.42 Å². The average Bonchev–Trinajstić information content (AvgIpc) is 2.09. The molecule has 0 heterocycles. The van der Waals surface area contributed by atoms with E-state index >= 15 is 0 Å². The smallest absolute Gasteiger partial charge is 0.00766 e. The van der Waals surface area contributed by atoms with Crippen molar-refractivity contribution in [1.29, 1.82) is 0 Å². The molecule has 0 aliphatic heterocycles. The highest BCUT2D eigenvalue weighted by atomic mass is 14.6. The number of nitrogens with two attached hydrogens (primary N) is 1. The molecule has 0 aliphatic carbocycles. The number of hydrogen-bond acceptors (Lipinski definition) is 1. The highest BCUT2D eigenvalue weighted by Gasteiger charge is 1.99. The third-order valence-electron chi connectivity index (χ3n) is 2.14. The maximum absolute atomic E-state index is 5.84. The molecule has 1 nitrogen and oxygen atoms in total. The minimum Gasteiger partial charge on any atom is -0.327 e. The first-order valence-electron chi connectivity index (χ1n) is 4.53. The Morgan fingerprint density at radius 1 is 1.25 bits per heavy atom. The van der Waals surface area contributed by atoms with Crippen molar-refractivity contribution < 1.29 is 0 Å². The molecule has 1 aromatic rings. The lowest BCUT2D eigenvalue weighted by Crippen LogP contribution is -2.21. The van der Waals surface area contributed by atoms with Crippen molar-refractivity contribution >= 4 is 0 Å². The molecule has 0 saturated heterocycles. The zero-order valence-electron chi connectivity index (χ0n) is 7.88. The largest absolute Gasteiger partial charge is 0.327 e. The second kappa shape index (κ2) is 4.27. The van der Waals surface area contributed by atoms with Gasteiger partial charge in [-0.2, -0.15) is 0 Å². The summed E-state index contributed by atoms with van der Waals surface area (Å²) in [6.07, 6.45) is 2.05. The molecule has 12 heavy (non-hydrogen) atoms. The Bertz CT molecular complexity index is 225. The molecule has 2 N–H and O–H groups in total. The summed E-state index contributed by atoms with van der Waals surface area (Å²) in [6, 6.07) is 8.90. The average molecular weight is 163 g/mol. The number of hydrogen-bond donors (Lipinski definition) is 1. The standard InChI is InChI=1S/C11H17N/c1-3-11(12)8-10-6-4-9(2)5-7-10/h4-7,11H,3,8,12H2,1-2H3/t11-/m0/s1. The van der Waals surface area contributed by atoms with Crippen LogP contribution >= 0.6 is 0 Å². The monoisotopic (exact) mass is 163 g/mol. The van der Waals surface area contributed by atoms with E-state index in [9.17, 15) is 0 Å². The predicted molar refractivity (Wildman–Crippen MR) is 53.1 cm³/mol. The summed E-state index contributed by atoms with van der Waals surface area (Å²) in [4.78, 5) is 0. The fourth-order valence-corrected chi connectivity index (χ4v) is 1.17. The first-order valence-corrected chi connectivity index (χ1v) is 4.53. The third-order valence-corrected chi connectivity index (χ3v) is 2.14. The second-order valence-corrected chi connectivity index (χ2v) is 3.36. The molecule has 66 valence electrons. The van der Waals surface area contributed by atoms with Crippen molar-refractivity contribution in [3.8, 4) is 0 Å². The summed E-state index contributed by atoms with van der Waals surface area (Å²) in [5, 5.41) is 0. The van der Waals surface area contributed by atoms with E-state index < -0.39 is 0 Å². The highest BCUT2D eigenvalue weighted by Crippen LogP contribution is 2.06. The molecule has 0 spiro atoms. The van der Waals surface area contributed by atoms with Crippen molar-refractivity contribution in [2.45, 2.75) is 32.7 Å². The molecule has 0 aromatic heterocycles. The van der Waals surface area contributed by atoms with Gasteiger partial charge in [-0.15, -0.1) is 0 Å². The van der Waals surface area contributed by atoms with Gasteiger partial charge in [0.15, 0.2) is 0 Å². The van der Waals surface area contributed by atoms with Crippen LogP contribution in [0.3, 0.4) is 0 Å². The number of benzene rings is 1. The molecule has 0 amide bonds. The third kappa shape index (κ3) is 2.67. The van der Waals surface area contributed by atoms with E-state index in [1.54, 1.807) is 0 Å². The molecule has 1 heteroatoms. The van der Waals surface area contributed by atoms with Crippen LogP contribution < -0.4 is 5.73 Å². The number of aryl methyl sites for hydroxylation is 1. The van der Waals surface area contributed by atoms with E-state index in [4.69, 9.17) is 5.73 Å². The summed E-state index contributed by atoms with van der Waals surface area (Å²) in [7, 11) is 0. The molecule has 1 atom stereocenters. The summed E-state index contributed by atoms with van der Waals surface area (Å²) >= 11 is 0. The lowest BCUT2D eigenvalue weighted by atomic mass is 10.0. The topological polar surface area (TPSA) is 26.0 Å². The van der Waals surface area contributed by atoms with Gasteiger partial charge in [-0.05, 0) is 25.3 Å². The Labute approximate surface area is 74.6 Å². The van der Waals surface area contributed by atoms with Crippen molar-refractivity contribution in [3.63, 3.8) is 0 Å². The fraction of sp³-hybridized carbons (Fsp3) is 0.455. The maximum atomic E-state index is 5.84.